The summed E-state index contributed by atoms with van der Waals surface area (Å²) in [5, 5.41) is -0.199. The molecule has 2 aromatic carbocycles. The summed E-state index contributed by atoms with van der Waals surface area (Å²) in [6.07, 6.45) is 0. The Morgan fingerprint density at radius 3 is 2.05 bits per heavy atom. The number of hydrogen-bond donors (Lipinski definition) is 0. The Hall–Kier alpha value is -1.88. The highest BCUT2D eigenvalue weighted by molar-refractivity contribution is 6.35. The molecule has 19 heavy (non-hydrogen) atoms. The maximum atomic E-state index is 13.5. The van der Waals surface area contributed by atoms with E-state index in [-0.39, 0.29) is 5.02 Å². The van der Waals surface area contributed by atoms with E-state index in [9.17, 15) is 22.4 Å². The SMILES string of the molecule is O=C(c1cc(F)c(F)c(F)c1)c1c(F)cccc1Cl. The Bertz CT molecular complexity index is 626. The van der Waals surface area contributed by atoms with Crippen LogP contribution in [0.2, 0.25) is 5.02 Å². The summed E-state index contributed by atoms with van der Waals surface area (Å²) >= 11 is 5.66. The lowest BCUT2D eigenvalue weighted by Crippen LogP contribution is -2.07. The zero-order chi connectivity index (χ0) is 14.2. The van der Waals surface area contributed by atoms with Gasteiger partial charge in [-0.3, -0.25) is 4.79 Å². The zero-order valence-electron chi connectivity index (χ0n) is 9.18. The van der Waals surface area contributed by atoms with Crippen molar-refractivity contribution in [2.45, 2.75) is 0 Å². The molecule has 0 unspecified atom stereocenters. The van der Waals surface area contributed by atoms with Crippen molar-refractivity contribution in [3.63, 3.8) is 0 Å². The van der Waals surface area contributed by atoms with Gasteiger partial charge in [-0.15, -0.1) is 0 Å². The summed E-state index contributed by atoms with van der Waals surface area (Å²) in [5.41, 5.74) is -1.04. The Morgan fingerprint density at radius 1 is 0.947 bits per heavy atom. The predicted octanol–water partition coefficient (Wildman–Crippen LogP) is 4.13. The maximum Gasteiger partial charge on any atom is 0.197 e. The molecule has 0 bridgehead atoms. The zero-order valence-corrected chi connectivity index (χ0v) is 9.94. The van der Waals surface area contributed by atoms with Crippen LogP contribution in [0.4, 0.5) is 17.6 Å². The van der Waals surface area contributed by atoms with Crippen LogP contribution in [0.1, 0.15) is 15.9 Å². The van der Waals surface area contributed by atoms with Crippen molar-refractivity contribution in [2.75, 3.05) is 0 Å². The van der Waals surface area contributed by atoms with Gasteiger partial charge in [-0.1, -0.05) is 17.7 Å². The average Bonchev–Trinajstić information content (AvgIpc) is 2.35. The summed E-state index contributed by atoms with van der Waals surface area (Å²) in [5.74, 6) is -6.72. The van der Waals surface area contributed by atoms with Crippen LogP contribution < -0.4 is 0 Å². The number of carbonyl (C=O) groups excluding carboxylic acids is 1. The molecule has 1 nitrogen and oxygen atoms in total. The summed E-state index contributed by atoms with van der Waals surface area (Å²) in [6.45, 7) is 0. The Kier molecular flexibility index (Phi) is 3.57. The van der Waals surface area contributed by atoms with Crippen LogP contribution in [0.25, 0.3) is 0 Å². The van der Waals surface area contributed by atoms with Crippen LogP contribution in [0, 0.1) is 23.3 Å². The predicted molar refractivity (Wildman–Crippen MR) is 61.2 cm³/mol. The lowest BCUT2D eigenvalue weighted by atomic mass is 10.0. The molecule has 98 valence electrons. The molecule has 0 amide bonds. The van der Waals surface area contributed by atoms with Gasteiger partial charge in [-0.25, -0.2) is 17.6 Å². The fraction of sp³-hybridized carbons (Fsp3) is 0. The van der Waals surface area contributed by atoms with E-state index < -0.39 is 40.2 Å². The van der Waals surface area contributed by atoms with Crippen LogP contribution in [0.5, 0.6) is 0 Å². The van der Waals surface area contributed by atoms with Gasteiger partial charge < -0.3 is 0 Å². The lowest BCUT2D eigenvalue weighted by molar-refractivity contribution is 0.103. The molecule has 2 aromatic rings. The molecule has 0 aliphatic heterocycles. The molecule has 0 saturated heterocycles. The second-order valence-electron chi connectivity index (χ2n) is 3.68. The summed E-state index contributed by atoms with van der Waals surface area (Å²) in [6, 6.07) is 4.50. The molecule has 6 heteroatoms. The molecule has 0 radical (unpaired) electrons. The first kappa shape index (κ1) is 13.5. The van der Waals surface area contributed by atoms with Crippen LogP contribution in [0.3, 0.4) is 0 Å². The molecule has 0 saturated carbocycles. The first-order chi connectivity index (χ1) is 8.91. The third kappa shape index (κ3) is 2.46. The molecule has 0 aliphatic carbocycles. The second-order valence-corrected chi connectivity index (χ2v) is 4.09. The van der Waals surface area contributed by atoms with Gasteiger partial charge in [0, 0.05) is 5.56 Å². The van der Waals surface area contributed by atoms with Crippen molar-refractivity contribution in [1.82, 2.24) is 0 Å². The largest absolute Gasteiger partial charge is 0.288 e. The minimum Gasteiger partial charge on any atom is -0.288 e. The minimum absolute atomic E-state index is 0.199. The highest BCUT2D eigenvalue weighted by atomic mass is 35.5. The number of halogens is 5. The van der Waals surface area contributed by atoms with Crippen LogP contribution >= 0.6 is 11.6 Å². The van der Waals surface area contributed by atoms with Crippen molar-refractivity contribution >= 4 is 17.4 Å². The Morgan fingerprint density at radius 2 is 1.53 bits per heavy atom. The van der Waals surface area contributed by atoms with Crippen molar-refractivity contribution < 1.29 is 22.4 Å². The maximum absolute atomic E-state index is 13.5. The van der Waals surface area contributed by atoms with Gasteiger partial charge in [0.2, 0.25) is 0 Å². The molecule has 0 spiro atoms. The van der Waals surface area contributed by atoms with Crippen LogP contribution in [0.15, 0.2) is 30.3 Å². The van der Waals surface area contributed by atoms with E-state index in [1.165, 1.54) is 12.1 Å². The monoisotopic (exact) mass is 288 g/mol. The molecule has 2 rings (SSSR count). The smallest absolute Gasteiger partial charge is 0.197 e. The van der Waals surface area contributed by atoms with Crippen LogP contribution in [-0.4, -0.2) is 5.78 Å². The van der Waals surface area contributed by atoms with E-state index in [1.807, 2.05) is 0 Å². The molecular weight excluding hydrogens is 284 g/mol. The standard InChI is InChI=1S/C13H5ClF4O/c14-7-2-1-3-8(15)11(7)13(19)6-4-9(16)12(18)10(17)5-6/h1-5H. The molecule has 0 fully saturated rings. The quantitative estimate of drug-likeness (QED) is 0.461. The van der Waals surface area contributed by atoms with Crippen molar-refractivity contribution in [3.8, 4) is 0 Å². The molecule has 0 atom stereocenters. The Labute approximate surface area is 110 Å². The van der Waals surface area contributed by atoms with E-state index >= 15 is 0 Å². The molecule has 0 N–H and O–H groups in total. The van der Waals surface area contributed by atoms with E-state index in [2.05, 4.69) is 0 Å². The highest BCUT2D eigenvalue weighted by Crippen LogP contribution is 2.24. The lowest BCUT2D eigenvalue weighted by Gasteiger charge is -2.06. The molecule has 0 heterocycles. The van der Waals surface area contributed by atoms with E-state index in [1.54, 1.807) is 0 Å². The van der Waals surface area contributed by atoms with E-state index in [0.29, 0.717) is 12.1 Å². The first-order valence-corrected chi connectivity index (χ1v) is 5.43. The van der Waals surface area contributed by atoms with Gasteiger partial charge in [-0.2, -0.15) is 0 Å². The van der Waals surface area contributed by atoms with Gasteiger partial charge in [0.05, 0.1) is 10.6 Å². The molecule has 0 aliphatic rings. The summed E-state index contributed by atoms with van der Waals surface area (Å²) in [7, 11) is 0. The van der Waals surface area contributed by atoms with Gasteiger partial charge in [0.15, 0.2) is 23.2 Å². The molecule has 0 aromatic heterocycles. The van der Waals surface area contributed by atoms with E-state index in [0.717, 1.165) is 6.07 Å². The molecular formula is C13H5ClF4O. The number of hydrogen-bond acceptors (Lipinski definition) is 1. The van der Waals surface area contributed by atoms with Crippen molar-refractivity contribution in [2.24, 2.45) is 0 Å². The normalized spacial score (nSPS) is 10.6. The number of carbonyl (C=O) groups is 1. The minimum atomic E-state index is -1.70. The fourth-order valence-electron chi connectivity index (χ4n) is 1.55. The Balaban J connectivity index is 2.57. The average molecular weight is 289 g/mol. The first-order valence-electron chi connectivity index (χ1n) is 5.05. The topological polar surface area (TPSA) is 17.1 Å². The van der Waals surface area contributed by atoms with Gasteiger partial charge >= 0.3 is 0 Å². The number of rotatable bonds is 2. The van der Waals surface area contributed by atoms with Gasteiger partial charge in [-0.05, 0) is 24.3 Å². The van der Waals surface area contributed by atoms with Gasteiger partial charge in [0.25, 0.3) is 0 Å². The summed E-state index contributed by atoms with van der Waals surface area (Å²) < 4.78 is 52.3. The van der Waals surface area contributed by atoms with Crippen molar-refractivity contribution in [1.29, 1.82) is 0 Å². The number of ketones is 1. The third-order valence-corrected chi connectivity index (χ3v) is 2.75. The fourth-order valence-corrected chi connectivity index (χ4v) is 1.79. The van der Waals surface area contributed by atoms with E-state index in [4.69, 9.17) is 11.6 Å². The second kappa shape index (κ2) is 5.01. The van der Waals surface area contributed by atoms with Crippen LogP contribution in [-0.2, 0) is 0 Å². The highest BCUT2D eigenvalue weighted by Gasteiger charge is 2.21. The number of benzene rings is 2. The summed E-state index contributed by atoms with van der Waals surface area (Å²) in [4.78, 5) is 11.9. The third-order valence-electron chi connectivity index (χ3n) is 2.44. The van der Waals surface area contributed by atoms with Crippen molar-refractivity contribution in [3.05, 3.63) is 69.8 Å². The van der Waals surface area contributed by atoms with Gasteiger partial charge in [0.1, 0.15) is 5.82 Å².